The van der Waals surface area contributed by atoms with Gasteiger partial charge in [0.05, 0.1) is 0 Å². The fourth-order valence-electron chi connectivity index (χ4n) is 6.33. The summed E-state index contributed by atoms with van der Waals surface area (Å²) in [7, 11) is 0. The molecule has 0 spiro atoms. The molecular formula is C36H58O2S. The highest BCUT2D eigenvalue weighted by Gasteiger charge is 2.27. The van der Waals surface area contributed by atoms with Crippen LogP contribution in [-0.2, 0) is 51.4 Å². The molecular weight excluding hydrogens is 496 g/mol. The van der Waals surface area contributed by atoms with Crippen LogP contribution in [0.2, 0.25) is 0 Å². The Hall–Kier alpha value is -1.61. The van der Waals surface area contributed by atoms with Crippen LogP contribution in [0.5, 0.6) is 11.5 Å². The van der Waals surface area contributed by atoms with Crippen molar-refractivity contribution in [2.45, 2.75) is 168 Å². The molecule has 0 bridgehead atoms. The molecule has 0 unspecified atom stereocenters. The van der Waals surface area contributed by atoms with Gasteiger partial charge in [0.25, 0.3) is 0 Å². The SMILES string of the molecule is CCCc1c(O)c(CCC)c(CCC)c(Sc2c(CCC)c(CCC)c(O)c(CCC)c2CCC)c1CCC. The third-order valence-electron chi connectivity index (χ3n) is 7.90. The standard InChI is InChI=1S/C36H58O2S/c1-9-17-25-29(21-13-5)35(30(22-14-6)26(18-10-2)33(25)37)39-36-31(23-15-7)27(19-11-3)34(38)28(20-12-4)32(36)24-16-8/h37-38H,9-24H2,1-8H3. The van der Waals surface area contributed by atoms with E-state index in [0.29, 0.717) is 11.5 Å². The molecule has 0 aromatic heterocycles. The molecule has 0 radical (unpaired) electrons. The molecule has 0 amide bonds. The molecule has 0 saturated carbocycles. The minimum atomic E-state index is 0.585. The van der Waals surface area contributed by atoms with E-state index in [2.05, 4.69) is 55.4 Å². The van der Waals surface area contributed by atoms with Gasteiger partial charge in [0.2, 0.25) is 0 Å². The van der Waals surface area contributed by atoms with Crippen LogP contribution in [-0.4, -0.2) is 10.2 Å². The quantitative estimate of drug-likeness (QED) is 0.192. The van der Waals surface area contributed by atoms with Crippen molar-refractivity contribution in [3.8, 4) is 11.5 Å². The molecule has 2 rings (SSSR count). The maximum atomic E-state index is 11.7. The molecule has 0 heterocycles. The fraction of sp³-hybridized carbons (Fsp3) is 0.667. The maximum absolute atomic E-state index is 11.7. The van der Waals surface area contributed by atoms with Crippen molar-refractivity contribution < 1.29 is 10.2 Å². The Bertz CT molecular complexity index is 895. The number of hydrogen-bond donors (Lipinski definition) is 2. The predicted octanol–water partition coefficient (Wildman–Crippen LogP) is 10.9. The second-order valence-corrected chi connectivity index (χ2v) is 12.3. The molecule has 2 N–H and O–H groups in total. The van der Waals surface area contributed by atoms with Crippen molar-refractivity contribution in [1.29, 1.82) is 0 Å². The van der Waals surface area contributed by atoms with Gasteiger partial charge in [0.1, 0.15) is 11.5 Å². The molecule has 0 aliphatic carbocycles. The van der Waals surface area contributed by atoms with Gasteiger partial charge < -0.3 is 10.2 Å². The lowest BCUT2D eigenvalue weighted by atomic mass is 9.88. The van der Waals surface area contributed by atoms with Crippen LogP contribution in [0.15, 0.2) is 9.79 Å². The lowest BCUT2D eigenvalue weighted by molar-refractivity contribution is 0.455. The zero-order chi connectivity index (χ0) is 28.9. The molecule has 39 heavy (non-hydrogen) atoms. The number of benzene rings is 2. The van der Waals surface area contributed by atoms with Gasteiger partial charge in [-0.25, -0.2) is 0 Å². The van der Waals surface area contributed by atoms with Crippen molar-refractivity contribution in [1.82, 2.24) is 0 Å². The minimum Gasteiger partial charge on any atom is -0.507 e. The summed E-state index contributed by atoms with van der Waals surface area (Å²) in [5.74, 6) is 1.17. The Morgan fingerprint density at radius 3 is 0.692 bits per heavy atom. The maximum Gasteiger partial charge on any atom is 0.122 e. The molecule has 3 heteroatoms. The Morgan fingerprint density at radius 2 is 0.513 bits per heavy atom. The normalized spacial score (nSPS) is 11.5. The van der Waals surface area contributed by atoms with Crippen LogP contribution >= 0.6 is 11.8 Å². The summed E-state index contributed by atoms with van der Waals surface area (Å²) in [6.45, 7) is 18.0. The van der Waals surface area contributed by atoms with Gasteiger partial charge in [-0.2, -0.15) is 0 Å². The van der Waals surface area contributed by atoms with Crippen molar-refractivity contribution in [3.05, 3.63) is 44.5 Å². The Kier molecular flexibility index (Phi) is 14.9. The summed E-state index contributed by atoms with van der Waals surface area (Å²) in [6, 6.07) is 0. The van der Waals surface area contributed by atoms with Gasteiger partial charge in [-0.15, -0.1) is 0 Å². The fourth-order valence-corrected chi connectivity index (χ4v) is 7.93. The van der Waals surface area contributed by atoms with Gasteiger partial charge in [-0.1, -0.05) is 119 Å². The van der Waals surface area contributed by atoms with Crippen molar-refractivity contribution in [3.63, 3.8) is 0 Å². The van der Waals surface area contributed by atoms with Crippen LogP contribution in [0.4, 0.5) is 0 Å². The highest BCUT2D eigenvalue weighted by Crippen LogP contribution is 2.49. The summed E-state index contributed by atoms with van der Waals surface area (Å²) in [4.78, 5) is 2.85. The van der Waals surface area contributed by atoms with E-state index >= 15 is 0 Å². The molecule has 2 aromatic rings. The van der Waals surface area contributed by atoms with Gasteiger partial charge in [-0.05, 0) is 95.9 Å². The Morgan fingerprint density at radius 1 is 0.333 bits per heavy atom. The highest BCUT2D eigenvalue weighted by atomic mass is 32.2. The first kappa shape index (κ1) is 33.6. The van der Waals surface area contributed by atoms with Crippen LogP contribution in [0.1, 0.15) is 151 Å². The Balaban J connectivity index is 3.09. The molecule has 2 aromatic carbocycles. The predicted molar refractivity (Wildman–Crippen MR) is 172 cm³/mol. The monoisotopic (exact) mass is 554 g/mol. The van der Waals surface area contributed by atoms with E-state index in [-0.39, 0.29) is 0 Å². The van der Waals surface area contributed by atoms with Crippen molar-refractivity contribution >= 4 is 11.8 Å². The van der Waals surface area contributed by atoms with Crippen LogP contribution in [0.25, 0.3) is 0 Å². The minimum absolute atomic E-state index is 0.585. The van der Waals surface area contributed by atoms with Crippen molar-refractivity contribution in [2.75, 3.05) is 0 Å². The van der Waals surface area contributed by atoms with Crippen LogP contribution < -0.4 is 0 Å². The van der Waals surface area contributed by atoms with Gasteiger partial charge in [0, 0.05) is 9.79 Å². The second-order valence-electron chi connectivity index (χ2n) is 11.3. The number of rotatable bonds is 18. The number of phenolic OH excluding ortho intramolecular Hbond substituents is 2. The summed E-state index contributed by atoms with van der Waals surface area (Å²) < 4.78 is 0. The molecule has 2 nitrogen and oxygen atoms in total. The van der Waals surface area contributed by atoms with Gasteiger partial charge >= 0.3 is 0 Å². The third kappa shape index (κ3) is 7.78. The number of hydrogen-bond acceptors (Lipinski definition) is 3. The third-order valence-corrected chi connectivity index (χ3v) is 9.29. The zero-order valence-electron chi connectivity index (χ0n) is 26.6. The smallest absolute Gasteiger partial charge is 0.122 e. The summed E-state index contributed by atoms with van der Waals surface area (Å²) in [5.41, 5.74) is 10.3. The molecule has 0 saturated heterocycles. The average Bonchev–Trinajstić information content (AvgIpc) is 2.92. The van der Waals surface area contributed by atoms with Crippen LogP contribution in [0, 0.1) is 0 Å². The largest absolute Gasteiger partial charge is 0.507 e. The first-order chi connectivity index (χ1) is 18.9. The van der Waals surface area contributed by atoms with Crippen molar-refractivity contribution in [2.24, 2.45) is 0 Å². The second kappa shape index (κ2) is 17.3. The number of phenols is 2. The lowest BCUT2D eigenvalue weighted by Crippen LogP contribution is -2.10. The first-order valence-corrected chi connectivity index (χ1v) is 17.2. The van der Waals surface area contributed by atoms with Gasteiger partial charge in [-0.3, -0.25) is 0 Å². The molecule has 0 aliphatic rings. The summed E-state index contributed by atoms with van der Waals surface area (Å²) in [6.07, 6.45) is 16.2. The molecule has 0 fully saturated rings. The lowest BCUT2D eigenvalue weighted by Gasteiger charge is -2.28. The van der Waals surface area contributed by atoms with Crippen LogP contribution in [0.3, 0.4) is 0 Å². The first-order valence-electron chi connectivity index (χ1n) is 16.3. The molecule has 0 aliphatic heterocycles. The van der Waals surface area contributed by atoms with E-state index in [1.165, 1.54) is 54.3 Å². The molecule has 0 atom stereocenters. The van der Waals surface area contributed by atoms with E-state index in [4.69, 9.17) is 0 Å². The molecule has 220 valence electrons. The van der Waals surface area contributed by atoms with Gasteiger partial charge in [0.15, 0.2) is 0 Å². The number of aromatic hydroxyl groups is 2. The van der Waals surface area contributed by atoms with E-state index < -0.39 is 0 Å². The average molecular weight is 555 g/mol. The Labute approximate surface area is 245 Å². The van der Waals surface area contributed by atoms with E-state index in [9.17, 15) is 10.2 Å². The van der Waals surface area contributed by atoms with E-state index in [1.54, 1.807) is 0 Å². The van der Waals surface area contributed by atoms with E-state index in [1.807, 2.05) is 11.8 Å². The summed E-state index contributed by atoms with van der Waals surface area (Å²) in [5, 5.41) is 23.3. The zero-order valence-corrected chi connectivity index (χ0v) is 27.4. The van der Waals surface area contributed by atoms with E-state index in [0.717, 1.165) is 103 Å². The summed E-state index contributed by atoms with van der Waals surface area (Å²) >= 11 is 2.01. The topological polar surface area (TPSA) is 40.5 Å². The highest BCUT2D eigenvalue weighted by molar-refractivity contribution is 7.99.